The lowest BCUT2D eigenvalue weighted by atomic mass is 9.95. The first-order valence-electron chi connectivity index (χ1n) is 4.85. The molecule has 1 fully saturated rings. The molecular formula is C10H13BrFNS. The molecule has 1 aromatic rings. The fourth-order valence-electron chi connectivity index (χ4n) is 1.87. The second-order valence-electron chi connectivity index (χ2n) is 3.67. The first-order valence-corrected chi connectivity index (χ1v) is 6.53. The van der Waals surface area contributed by atoms with E-state index in [0.29, 0.717) is 12.8 Å². The zero-order valence-electron chi connectivity index (χ0n) is 7.85. The third kappa shape index (κ3) is 2.02. The van der Waals surface area contributed by atoms with E-state index in [1.807, 2.05) is 11.4 Å². The molecule has 4 heteroatoms. The van der Waals surface area contributed by atoms with Crippen LogP contribution >= 0.6 is 27.3 Å². The van der Waals surface area contributed by atoms with Crippen LogP contribution in [0.15, 0.2) is 15.9 Å². The molecule has 1 N–H and O–H groups in total. The van der Waals surface area contributed by atoms with E-state index in [1.54, 1.807) is 0 Å². The third-order valence-electron chi connectivity index (χ3n) is 2.65. The van der Waals surface area contributed by atoms with Crippen LogP contribution in [0.2, 0.25) is 0 Å². The fraction of sp³-hybridized carbons (Fsp3) is 0.600. The Morgan fingerprint density at radius 1 is 1.43 bits per heavy atom. The molecule has 0 aromatic carbocycles. The Morgan fingerprint density at radius 3 is 3.00 bits per heavy atom. The highest BCUT2D eigenvalue weighted by Gasteiger charge is 2.35. The maximum absolute atomic E-state index is 14.6. The zero-order valence-corrected chi connectivity index (χ0v) is 10.3. The standard InChI is InChI=1S/C10H13BrFNS/c11-8-2-7-14-9(8)10(12)3-1-5-13-6-4-10/h2,7,13H,1,3-6H2. The van der Waals surface area contributed by atoms with E-state index in [0.717, 1.165) is 28.9 Å². The van der Waals surface area contributed by atoms with E-state index >= 15 is 0 Å². The highest BCUT2D eigenvalue weighted by molar-refractivity contribution is 9.10. The Morgan fingerprint density at radius 2 is 2.29 bits per heavy atom. The molecule has 1 unspecified atom stereocenters. The van der Waals surface area contributed by atoms with Crippen LogP contribution in [0.1, 0.15) is 24.1 Å². The van der Waals surface area contributed by atoms with Gasteiger partial charge in [-0.05, 0) is 59.7 Å². The molecule has 2 rings (SSSR count). The topological polar surface area (TPSA) is 12.0 Å². The molecule has 1 aliphatic rings. The molecule has 78 valence electrons. The largest absolute Gasteiger partial charge is 0.317 e. The summed E-state index contributed by atoms with van der Waals surface area (Å²) in [5.41, 5.74) is -1.11. The van der Waals surface area contributed by atoms with Crippen molar-refractivity contribution in [3.63, 3.8) is 0 Å². The van der Waals surface area contributed by atoms with Crippen molar-refractivity contribution in [3.8, 4) is 0 Å². The van der Waals surface area contributed by atoms with Gasteiger partial charge < -0.3 is 5.32 Å². The van der Waals surface area contributed by atoms with Gasteiger partial charge in [-0.25, -0.2) is 4.39 Å². The maximum atomic E-state index is 14.6. The van der Waals surface area contributed by atoms with Crippen molar-refractivity contribution in [1.29, 1.82) is 0 Å². The lowest BCUT2D eigenvalue weighted by Gasteiger charge is -2.22. The molecule has 1 aliphatic heterocycles. The van der Waals surface area contributed by atoms with Crippen LogP contribution in [0.5, 0.6) is 0 Å². The number of nitrogens with one attached hydrogen (secondary N) is 1. The molecule has 1 aromatic heterocycles. The van der Waals surface area contributed by atoms with Crippen molar-refractivity contribution < 1.29 is 4.39 Å². The second-order valence-corrected chi connectivity index (χ2v) is 5.44. The van der Waals surface area contributed by atoms with Gasteiger partial charge in [0.1, 0.15) is 5.67 Å². The molecule has 0 saturated carbocycles. The molecule has 0 bridgehead atoms. The van der Waals surface area contributed by atoms with Gasteiger partial charge in [0.25, 0.3) is 0 Å². The van der Waals surface area contributed by atoms with Gasteiger partial charge in [0, 0.05) is 4.47 Å². The molecule has 0 radical (unpaired) electrons. The van der Waals surface area contributed by atoms with Crippen molar-refractivity contribution in [3.05, 3.63) is 20.8 Å². The Labute approximate surface area is 95.8 Å². The summed E-state index contributed by atoms with van der Waals surface area (Å²) in [5, 5.41) is 5.18. The van der Waals surface area contributed by atoms with Crippen LogP contribution in [0.3, 0.4) is 0 Å². The SMILES string of the molecule is FC1(c2sccc2Br)CCCNCC1. The molecule has 2 heterocycles. The number of rotatable bonds is 1. The quantitative estimate of drug-likeness (QED) is 0.829. The number of alkyl halides is 1. The van der Waals surface area contributed by atoms with Crippen molar-refractivity contribution in [2.45, 2.75) is 24.9 Å². The fourth-order valence-corrected chi connectivity index (χ4v) is 3.75. The van der Waals surface area contributed by atoms with Crippen molar-refractivity contribution in [1.82, 2.24) is 5.32 Å². The average Bonchev–Trinajstić information content (AvgIpc) is 2.46. The van der Waals surface area contributed by atoms with E-state index in [4.69, 9.17) is 0 Å². The number of halogens is 2. The maximum Gasteiger partial charge on any atom is 0.147 e. The highest BCUT2D eigenvalue weighted by atomic mass is 79.9. The van der Waals surface area contributed by atoms with Crippen molar-refractivity contribution >= 4 is 27.3 Å². The predicted octanol–water partition coefficient (Wildman–Crippen LogP) is 3.45. The molecule has 0 spiro atoms. The zero-order chi connectivity index (χ0) is 10.0. The summed E-state index contributed by atoms with van der Waals surface area (Å²) in [6.07, 6.45) is 2.14. The van der Waals surface area contributed by atoms with E-state index in [9.17, 15) is 4.39 Å². The van der Waals surface area contributed by atoms with Crippen LogP contribution in [-0.2, 0) is 5.67 Å². The van der Waals surface area contributed by atoms with Gasteiger partial charge >= 0.3 is 0 Å². The minimum atomic E-state index is -1.11. The number of hydrogen-bond donors (Lipinski definition) is 1. The Hall–Kier alpha value is 0.0700. The summed E-state index contributed by atoms with van der Waals surface area (Å²) in [6, 6.07) is 1.93. The van der Waals surface area contributed by atoms with Gasteiger partial charge in [0.15, 0.2) is 0 Å². The van der Waals surface area contributed by atoms with Gasteiger partial charge in [-0.3, -0.25) is 0 Å². The smallest absolute Gasteiger partial charge is 0.147 e. The second kappa shape index (κ2) is 4.29. The van der Waals surface area contributed by atoms with E-state index < -0.39 is 5.67 Å². The van der Waals surface area contributed by atoms with Crippen LogP contribution in [0, 0.1) is 0 Å². The van der Waals surface area contributed by atoms with Gasteiger partial charge in [-0.15, -0.1) is 11.3 Å². The number of thiophene rings is 1. The Balaban J connectivity index is 2.25. The molecular weight excluding hydrogens is 265 g/mol. The monoisotopic (exact) mass is 277 g/mol. The minimum absolute atomic E-state index is 0.589. The Kier molecular flexibility index (Phi) is 3.24. The predicted molar refractivity (Wildman–Crippen MR) is 61.5 cm³/mol. The highest BCUT2D eigenvalue weighted by Crippen LogP contribution is 2.42. The first-order chi connectivity index (χ1) is 6.72. The minimum Gasteiger partial charge on any atom is -0.317 e. The lowest BCUT2D eigenvalue weighted by molar-refractivity contribution is 0.149. The van der Waals surface area contributed by atoms with Crippen molar-refractivity contribution in [2.24, 2.45) is 0 Å². The lowest BCUT2D eigenvalue weighted by Crippen LogP contribution is -2.21. The molecule has 1 saturated heterocycles. The van der Waals surface area contributed by atoms with Crippen molar-refractivity contribution in [2.75, 3.05) is 13.1 Å². The van der Waals surface area contributed by atoms with E-state index in [-0.39, 0.29) is 0 Å². The third-order valence-corrected chi connectivity index (χ3v) is 4.67. The first kappa shape index (κ1) is 10.6. The normalized spacial score (nSPS) is 28.7. The van der Waals surface area contributed by atoms with Gasteiger partial charge in [-0.1, -0.05) is 0 Å². The summed E-state index contributed by atoms with van der Waals surface area (Å²) in [6.45, 7) is 1.72. The van der Waals surface area contributed by atoms with Gasteiger partial charge in [0.05, 0.1) is 4.88 Å². The van der Waals surface area contributed by atoms with E-state index in [2.05, 4.69) is 21.2 Å². The molecule has 14 heavy (non-hydrogen) atoms. The summed E-state index contributed by atoms with van der Waals surface area (Å²) in [4.78, 5) is 0.862. The summed E-state index contributed by atoms with van der Waals surface area (Å²) in [7, 11) is 0. The van der Waals surface area contributed by atoms with Gasteiger partial charge in [-0.2, -0.15) is 0 Å². The molecule has 1 atom stereocenters. The molecule has 1 nitrogen and oxygen atoms in total. The molecule has 0 aliphatic carbocycles. The summed E-state index contributed by atoms with van der Waals surface area (Å²) in [5.74, 6) is 0. The molecule has 0 amide bonds. The Bertz CT molecular complexity index is 305. The van der Waals surface area contributed by atoms with Crippen LogP contribution in [-0.4, -0.2) is 13.1 Å². The van der Waals surface area contributed by atoms with Crippen LogP contribution in [0.25, 0.3) is 0 Å². The van der Waals surface area contributed by atoms with Gasteiger partial charge in [0.2, 0.25) is 0 Å². The average molecular weight is 278 g/mol. The summed E-state index contributed by atoms with van der Waals surface area (Å²) < 4.78 is 15.5. The van der Waals surface area contributed by atoms with Crippen LogP contribution < -0.4 is 5.32 Å². The number of hydrogen-bond acceptors (Lipinski definition) is 2. The summed E-state index contributed by atoms with van der Waals surface area (Å²) >= 11 is 4.93. The van der Waals surface area contributed by atoms with Crippen LogP contribution in [0.4, 0.5) is 4.39 Å². The van der Waals surface area contributed by atoms with E-state index in [1.165, 1.54) is 11.3 Å².